The lowest BCUT2D eigenvalue weighted by Gasteiger charge is -1.84. The minimum absolute atomic E-state index is 0.808. The van der Waals surface area contributed by atoms with Gasteiger partial charge in [-0.3, -0.25) is 0 Å². The summed E-state index contributed by atoms with van der Waals surface area (Å²) in [6.45, 7) is 0. The highest BCUT2D eigenvalue weighted by molar-refractivity contribution is 14.1. The molecule has 2 aromatic heterocycles. The summed E-state index contributed by atoms with van der Waals surface area (Å²) in [5, 5.41) is 7.65. The SMILES string of the molecule is In1nnc2cccnc21. The highest BCUT2D eigenvalue weighted by atomic mass is 127. The van der Waals surface area contributed by atoms with E-state index in [2.05, 4.69) is 15.3 Å². The molecule has 50 valence electrons. The molecule has 0 saturated carbocycles. The van der Waals surface area contributed by atoms with Crippen LogP contribution in [0.4, 0.5) is 0 Å². The molecule has 0 atom stereocenters. The number of aromatic nitrogens is 4. The molecule has 0 aliphatic rings. The summed E-state index contributed by atoms with van der Waals surface area (Å²) in [4.78, 5) is 4.07. The van der Waals surface area contributed by atoms with Gasteiger partial charge >= 0.3 is 0 Å². The minimum Gasteiger partial charge on any atom is -0.235 e. The van der Waals surface area contributed by atoms with E-state index < -0.39 is 0 Å². The van der Waals surface area contributed by atoms with Gasteiger partial charge in [0.15, 0.2) is 5.65 Å². The van der Waals surface area contributed by atoms with Crippen molar-refractivity contribution in [3.8, 4) is 0 Å². The van der Waals surface area contributed by atoms with Gasteiger partial charge in [-0.25, -0.2) is 4.98 Å². The Morgan fingerprint density at radius 1 is 1.50 bits per heavy atom. The monoisotopic (exact) mass is 246 g/mol. The highest BCUT2D eigenvalue weighted by Crippen LogP contribution is 2.07. The summed E-state index contributed by atoms with van der Waals surface area (Å²) < 4.78 is 1.62. The van der Waals surface area contributed by atoms with Crippen LogP contribution in [-0.2, 0) is 0 Å². The number of rotatable bonds is 0. The minimum atomic E-state index is 0.808. The molecule has 0 aromatic carbocycles. The third kappa shape index (κ3) is 0.772. The molecule has 4 nitrogen and oxygen atoms in total. The van der Waals surface area contributed by atoms with E-state index in [1.54, 1.807) is 9.09 Å². The maximum absolute atomic E-state index is 4.07. The van der Waals surface area contributed by atoms with Crippen molar-refractivity contribution >= 4 is 34.0 Å². The molecule has 0 amide bonds. The maximum atomic E-state index is 4.07. The number of hydrogen-bond donors (Lipinski definition) is 0. The van der Waals surface area contributed by atoms with Crippen LogP contribution in [0.1, 0.15) is 0 Å². The standard InChI is InChI=1S/C5H3IN4/c6-10-5-4(8-9-10)2-1-3-7-5/h1-3H. The molecular weight excluding hydrogens is 243 g/mol. The van der Waals surface area contributed by atoms with Crippen molar-refractivity contribution in [3.05, 3.63) is 18.3 Å². The molecule has 0 radical (unpaired) electrons. The van der Waals surface area contributed by atoms with Gasteiger partial charge in [-0.05, 0) is 12.1 Å². The third-order valence-corrected chi connectivity index (χ3v) is 1.82. The van der Waals surface area contributed by atoms with Crippen LogP contribution in [-0.4, -0.2) is 18.2 Å². The van der Waals surface area contributed by atoms with E-state index in [0.717, 1.165) is 11.2 Å². The smallest absolute Gasteiger partial charge is 0.188 e. The summed E-state index contributed by atoms with van der Waals surface area (Å²) >= 11 is 2.03. The summed E-state index contributed by atoms with van der Waals surface area (Å²) in [7, 11) is 0. The number of fused-ring (bicyclic) bond motifs is 1. The van der Waals surface area contributed by atoms with Gasteiger partial charge in [0.1, 0.15) is 5.52 Å². The quantitative estimate of drug-likeness (QED) is 0.652. The largest absolute Gasteiger partial charge is 0.235 e. The first-order chi connectivity index (χ1) is 4.88. The summed E-state index contributed by atoms with van der Waals surface area (Å²) in [5.41, 5.74) is 1.64. The lowest BCUT2D eigenvalue weighted by molar-refractivity contribution is 0.933. The second-order valence-corrected chi connectivity index (χ2v) is 2.71. The van der Waals surface area contributed by atoms with Crippen molar-refractivity contribution in [3.63, 3.8) is 0 Å². The number of halogens is 1. The third-order valence-electron chi connectivity index (χ3n) is 1.17. The Bertz CT molecular complexity index is 355. The Labute approximate surface area is 70.7 Å². The number of pyridine rings is 1. The van der Waals surface area contributed by atoms with Crippen LogP contribution in [0.15, 0.2) is 18.3 Å². The van der Waals surface area contributed by atoms with Crippen LogP contribution < -0.4 is 0 Å². The molecule has 2 heterocycles. The molecule has 0 aliphatic heterocycles. The molecule has 2 aromatic rings. The average molecular weight is 246 g/mol. The molecule has 0 fully saturated rings. The van der Waals surface area contributed by atoms with Crippen molar-refractivity contribution in [1.82, 2.24) is 18.2 Å². The van der Waals surface area contributed by atoms with Gasteiger partial charge in [-0.15, -0.1) is 5.10 Å². The Morgan fingerprint density at radius 3 is 3.20 bits per heavy atom. The van der Waals surface area contributed by atoms with E-state index in [9.17, 15) is 0 Å². The predicted octanol–water partition coefficient (Wildman–Crippen LogP) is 1.02. The molecule has 2 rings (SSSR count). The highest BCUT2D eigenvalue weighted by Gasteiger charge is 1.99. The lowest BCUT2D eigenvalue weighted by atomic mass is 10.4. The number of hydrogen-bond acceptors (Lipinski definition) is 3. The van der Waals surface area contributed by atoms with E-state index in [1.165, 1.54) is 0 Å². The molecule has 0 saturated heterocycles. The van der Waals surface area contributed by atoms with Crippen molar-refractivity contribution in [2.24, 2.45) is 0 Å². The van der Waals surface area contributed by atoms with Gasteiger partial charge in [0, 0.05) is 6.20 Å². The van der Waals surface area contributed by atoms with Gasteiger partial charge < -0.3 is 0 Å². The van der Waals surface area contributed by atoms with Gasteiger partial charge in [-0.2, -0.15) is 2.90 Å². The lowest BCUT2D eigenvalue weighted by Crippen LogP contribution is -1.82. The Hall–Kier alpha value is -0.720. The zero-order chi connectivity index (χ0) is 6.97. The Balaban J connectivity index is 2.93. The molecule has 5 heteroatoms. The van der Waals surface area contributed by atoms with Crippen molar-refractivity contribution in [2.75, 3.05) is 0 Å². The Morgan fingerprint density at radius 2 is 2.40 bits per heavy atom. The molecule has 10 heavy (non-hydrogen) atoms. The van der Waals surface area contributed by atoms with E-state index in [1.807, 2.05) is 35.0 Å². The van der Waals surface area contributed by atoms with Crippen LogP contribution in [0, 0.1) is 0 Å². The van der Waals surface area contributed by atoms with Gasteiger partial charge in [-0.1, -0.05) is 5.21 Å². The molecule has 0 N–H and O–H groups in total. The topological polar surface area (TPSA) is 43.6 Å². The van der Waals surface area contributed by atoms with Crippen molar-refractivity contribution < 1.29 is 0 Å². The fourth-order valence-electron chi connectivity index (χ4n) is 0.739. The first kappa shape index (κ1) is 6.02. The first-order valence-corrected chi connectivity index (χ1v) is 3.67. The van der Waals surface area contributed by atoms with Crippen LogP contribution in [0.2, 0.25) is 0 Å². The van der Waals surface area contributed by atoms with Crippen LogP contribution >= 0.6 is 22.9 Å². The summed E-state index contributed by atoms with van der Waals surface area (Å²) in [5.74, 6) is 0. The summed E-state index contributed by atoms with van der Waals surface area (Å²) in [6, 6.07) is 3.72. The van der Waals surface area contributed by atoms with Crippen LogP contribution in [0.3, 0.4) is 0 Å². The number of nitrogens with zero attached hydrogens (tertiary/aromatic N) is 4. The zero-order valence-corrected chi connectivity index (χ0v) is 7.06. The van der Waals surface area contributed by atoms with E-state index in [-0.39, 0.29) is 0 Å². The van der Waals surface area contributed by atoms with Crippen LogP contribution in [0.5, 0.6) is 0 Å². The average Bonchev–Trinajstić information content (AvgIpc) is 2.34. The Kier molecular flexibility index (Phi) is 1.30. The van der Waals surface area contributed by atoms with Gasteiger partial charge in [0.25, 0.3) is 0 Å². The fourth-order valence-corrected chi connectivity index (χ4v) is 1.21. The maximum Gasteiger partial charge on any atom is 0.188 e. The second kappa shape index (κ2) is 2.15. The molecular formula is C5H3IN4. The fraction of sp³-hybridized carbons (Fsp3) is 0. The first-order valence-electron chi connectivity index (χ1n) is 2.70. The van der Waals surface area contributed by atoms with Crippen molar-refractivity contribution in [1.29, 1.82) is 0 Å². The van der Waals surface area contributed by atoms with E-state index in [4.69, 9.17) is 0 Å². The van der Waals surface area contributed by atoms with E-state index >= 15 is 0 Å². The van der Waals surface area contributed by atoms with Gasteiger partial charge in [0.2, 0.25) is 0 Å². The summed E-state index contributed by atoms with van der Waals surface area (Å²) in [6.07, 6.45) is 1.72. The zero-order valence-electron chi connectivity index (χ0n) is 4.90. The van der Waals surface area contributed by atoms with E-state index in [0.29, 0.717) is 0 Å². The molecule has 0 bridgehead atoms. The predicted molar refractivity (Wildman–Crippen MR) is 44.7 cm³/mol. The molecule has 0 spiro atoms. The normalized spacial score (nSPS) is 10.5. The van der Waals surface area contributed by atoms with Gasteiger partial charge in [0.05, 0.1) is 22.9 Å². The van der Waals surface area contributed by atoms with Crippen LogP contribution in [0.25, 0.3) is 11.2 Å². The molecule has 0 aliphatic carbocycles. The second-order valence-electron chi connectivity index (χ2n) is 1.80. The van der Waals surface area contributed by atoms with Crippen molar-refractivity contribution in [2.45, 2.75) is 0 Å². The molecule has 0 unspecified atom stereocenters.